The molecule has 1 aromatic heterocycles. The fourth-order valence-corrected chi connectivity index (χ4v) is 1.29. The van der Waals surface area contributed by atoms with Crippen LogP contribution in [0.2, 0.25) is 0 Å². The summed E-state index contributed by atoms with van der Waals surface area (Å²) in [5.41, 5.74) is 1.21. The molecule has 0 saturated heterocycles. The minimum absolute atomic E-state index is 0.0534. The van der Waals surface area contributed by atoms with Crippen molar-refractivity contribution in [3.8, 4) is 0 Å². The van der Waals surface area contributed by atoms with E-state index in [4.69, 9.17) is 4.74 Å². The molecule has 0 atom stereocenters. The second kappa shape index (κ2) is 6.62. The van der Waals surface area contributed by atoms with Crippen molar-refractivity contribution in [2.75, 3.05) is 13.7 Å². The van der Waals surface area contributed by atoms with Gasteiger partial charge < -0.3 is 4.74 Å². The molecule has 0 fully saturated rings. The minimum atomic E-state index is -0.0534. The molecule has 0 radical (unpaired) electrons. The van der Waals surface area contributed by atoms with Crippen molar-refractivity contribution in [3.63, 3.8) is 0 Å². The van der Waals surface area contributed by atoms with Gasteiger partial charge in [0.1, 0.15) is 0 Å². The lowest BCUT2D eigenvalue weighted by atomic mass is 10.1. The Hall–Kier alpha value is -0.830. The van der Waals surface area contributed by atoms with E-state index in [1.807, 2.05) is 24.7 Å². The Morgan fingerprint density at radius 3 is 2.40 bits per heavy atom. The highest BCUT2D eigenvalue weighted by molar-refractivity contribution is 5.04. The van der Waals surface area contributed by atoms with Gasteiger partial charge in [-0.15, -0.1) is 0 Å². The molecule has 1 heterocycles. The summed E-state index contributed by atoms with van der Waals surface area (Å²) in [6.07, 6.45) is 5.03. The van der Waals surface area contributed by atoms with Gasteiger partial charge in [-0.1, -0.05) is 20.8 Å². The van der Waals surface area contributed by atoms with E-state index in [0.717, 1.165) is 6.42 Å². The lowest BCUT2D eigenvalue weighted by molar-refractivity contribution is 0.101. The van der Waals surface area contributed by atoms with E-state index >= 15 is 0 Å². The lowest BCUT2D eigenvalue weighted by Gasteiger charge is -2.24. The summed E-state index contributed by atoms with van der Waals surface area (Å²) in [4.78, 5) is 0. The Kier molecular flexibility index (Phi) is 6.25. The Bertz CT molecular complexity index is 266. The number of nitrogens with zero attached hydrogens (tertiary/aromatic N) is 2. The number of hydrogen-bond acceptors (Lipinski definition) is 2. The topological polar surface area (TPSA) is 27.1 Å². The number of methoxy groups -OCH3 is 1. The summed E-state index contributed by atoms with van der Waals surface area (Å²) < 4.78 is 7.11. The second-order valence-corrected chi connectivity index (χ2v) is 3.89. The van der Waals surface area contributed by atoms with Crippen LogP contribution in [0.4, 0.5) is 0 Å². The molecule has 3 nitrogen and oxygen atoms in total. The lowest BCUT2D eigenvalue weighted by Crippen LogP contribution is -2.31. The summed E-state index contributed by atoms with van der Waals surface area (Å²) in [6.45, 7) is 11.0. The Morgan fingerprint density at radius 2 is 2.00 bits per heavy atom. The molecule has 0 spiro atoms. The van der Waals surface area contributed by atoms with Crippen molar-refractivity contribution in [1.29, 1.82) is 0 Å². The van der Waals surface area contributed by atoms with Crippen molar-refractivity contribution in [1.82, 2.24) is 9.78 Å². The van der Waals surface area contributed by atoms with Crippen LogP contribution in [0.25, 0.3) is 0 Å². The second-order valence-electron chi connectivity index (χ2n) is 3.89. The van der Waals surface area contributed by atoms with Gasteiger partial charge in [0.05, 0.1) is 18.3 Å². The molecule has 3 heteroatoms. The molecule has 0 saturated carbocycles. The molecular weight excluding hydrogens is 188 g/mol. The fourth-order valence-electron chi connectivity index (χ4n) is 1.29. The number of aromatic nitrogens is 2. The summed E-state index contributed by atoms with van der Waals surface area (Å²) in [5, 5.41) is 4.31. The van der Waals surface area contributed by atoms with Crippen LogP contribution < -0.4 is 0 Å². The Labute approximate surface area is 93.4 Å². The van der Waals surface area contributed by atoms with Gasteiger partial charge in [0.25, 0.3) is 0 Å². The third-order valence-corrected chi connectivity index (χ3v) is 2.16. The van der Waals surface area contributed by atoms with Crippen molar-refractivity contribution >= 4 is 0 Å². The average Bonchev–Trinajstić information content (AvgIpc) is 2.69. The molecule has 1 rings (SSSR count). The Morgan fingerprint density at radius 1 is 1.40 bits per heavy atom. The molecular formula is C12H24N2O. The van der Waals surface area contributed by atoms with E-state index in [2.05, 4.69) is 32.1 Å². The van der Waals surface area contributed by atoms with Crippen LogP contribution in [0.5, 0.6) is 0 Å². The van der Waals surface area contributed by atoms with Crippen LogP contribution in [0.15, 0.2) is 12.4 Å². The van der Waals surface area contributed by atoms with E-state index in [9.17, 15) is 0 Å². The molecule has 0 bridgehead atoms. The maximum absolute atomic E-state index is 5.14. The molecule has 1 aromatic rings. The first-order valence-electron chi connectivity index (χ1n) is 5.63. The van der Waals surface area contributed by atoms with Crippen LogP contribution in [0.3, 0.4) is 0 Å². The molecule has 0 aromatic carbocycles. The highest BCUT2D eigenvalue weighted by Crippen LogP contribution is 2.15. The molecule has 88 valence electrons. The predicted molar refractivity (Wildman–Crippen MR) is 64.2 cm³/mol. The van der Waals surface area contributed by atoms with E-state index in [-0.39, 0.29) is 5.54 Å². The number of rotatable bonds is 4. The van der Waals surface area contributed by atoms with Gasteiger partial charge >= 0.3 is 0 Å². The van der Waals surface area contributed by atoms with E-state index in [1.165, 1.54) is 5.56 Å². The van der Waals surface area contributed by atoms with E-state index in [0.29, 0.717) is 6.61 Å². The summed E-state index contributed by atoms with van der Waals surface area (Å²) >= 11 is 0. The number of aryl methyl sites for hydroxylation is 1. The van der Waals surface area contributed by atoms with Crippen LogP contribution in [-0.2, 0) is 16.7 Å². The standard InChI is InChI=1S/C10H18N2O.C2H6/c1-5-9-6-11-12(7-9)10(2,3)8-13-4;1-2/h6-7H,5,8H2,1-4H3;1-2H3. The molecule has 0 amide bonds. The maximum atomic E-state index is 5.14. The predicted octanol–water partition coefficient (Wildman–Crippen LogP) is 2.85. The van der Waals surface area contributed by atoms with E-state index < -0.39 is 0 Å². The highest BCUT2D eigenvalue weighted by atomic mass is 16.5. The fraction of sp³-hybridized carbons (Fsp3) is 0.750. The van der Waals surface area contributed by atoms with Crippen molar-refractivity contribution < 1.29 is 4.74 Å². The normalized spacial score (nSPS) is 10.8. The average molecular weight is 212 g/mol. The third-order valence-electron chi connectivity index (χ3n) is 2.16. The van der Waals surface area contributed by atoms with Crippen LogP contribution in [0.1, 0.15) is 40.2 Å². The molecule has 0 N–H and O–H groups in total. The van der Waals surface area contributed by atoms with Crippen molar-refractivity contribution in [3.05, 3.63) is 18.0 Å². The summed E-state index contributed by atoms with van der Waals surface area (Å²) in [5.74, 6) is 0. The smallest absolute Gasteiger partial charge is 0.0803 e. The minimum Gasteiger partial charge on any atom is -0.382 e. The van der Waals surface area contributed by atoms with Gasteiger partial charge in [-0.05, 0) is 25.8 Å². The van der Waals surface area contributed by atoms with Gasteiger partial charge in [0, 0.05) is 13.3 Å². The molecule has 0 aliphatic carbocycles. The summed E-state index contributed by atoms with van der Waals surface area (Å²) in [7, 11) is 1.71. The van der Waals surface area contributed by atoms with Gasteiger partial charge in [-0.25, -0.2) is 0 Å². The highest BCUT2D eigenvalue weighted by Gasteiger charge is 2.20. The van der Waals surface area contributed by atoms with E-state index in [1.54, 1.807) is 7.11 Å². The molecule has 0 unspecified atom stereocenters. The zero-order valence-corrected chi connectivity index (χ0v) is 10.9. The maximum Gasteiger partial charge on any atom is 0.0803 e. The third kappa shape index (κ3) is 4.04. The largest absolute Gasteiger partial charge is 0.382 e. The first-order chi connectivity index (χ1) is 7.10. The quantitative estimate of drug-likeness (QED) is 0.767. The monoisotopic (exact) mass is 212 g/mol. The van der Waals surface area contributed by atoms with Gasteiger partial charge in [-0.2, -0.15) is 5.10 Å². The van der Waals surface area contributed by atoms with Crippen molar-refractivity contribution in [2.45, 2.75) is 46.6 Å². The molecule has 0 aliphatic heterocycles. The zero-order valence-electron chi connectivity index (χ0n) is 10.9. The molecule has 0 aliphatic rings. The van der Waals surface area contributed by atoms with Gasteiger partial charge in [0.2, 0.25) is 0 Å². The first-order valence-corrected chi connectivity index (χ1v) is 5.63. The van der Waals surface area contributed by atoms with Gasteiger partial charge in [-0.3, -0.25) is 4.68 Å². The van der Waals surface area contributed by atoms with Crippen LogP contribution >= 0.6 is 0 Å². The number of ether oxygens (including phenoxy) is 1. The number of hydrogen-bond donors (Lipinski definition) is 0. The Balaban J connectivity index is 0.000000921. The molecule has 15 heavy (non-hydrogen) atoms. The van der Waals surface area contributed by atoms with Gasteiger partial charge in [0.15, 0.2) is 0 Å². The first kappa shape index (κ1) is 14.2. The van der Waals surface area contributed by atoms with Crippen molar-refractivity contribution in [2.24, 2.45) is 0 Å². The zero-order chi connectivity index (χ0) is 11.9. The van der Waals surface area contributed by atoms with Crippen LogP contribution in [0, 0.1) is 0 Å². The van der Waals surface area contributed by atoms with Crippen LogP contribution in [-0.4, -0.2) is 23.5 Å². The SMILES string of the molecule is CC.CCc1cnn(C(C)(C)COC)c1. The summed E-state index contributed by atoms with van der Waals surface area (Å²) in [6, 6.07) is 0.